The van der Waals surface area contributed by atoms with Gasteiger partial charge in [-0.05, 0) is 27.7 Å². The molecule has 0 aliphatic heterocycles. The van der Waals surface area contributed by atoms with E-state index in [0.717, 1.165) is 0 Å². The van der Waals surface area contributed by atoms with Crippen molar-refractivity contribution in [3.05, 3.63) is 11.1 Å². The Balaban J connectivity index is 2.76. The Kier molecular flexibility index (Phi) is 4.88. The van der Waals surface area contributed by atoms with Gasteiger partial charge in [-0.2, -0.15) is 0 Å². The molecule has 0 saturated heterocycles. The maximum atomic E-state index is 11.5. The number of thiazole rings is 1. The van der Waals surface area contributed by atoms with Crippen LogP contribution >= 0.6 is 11.3 Å². The van der Waals surface area contributed by atoms with Crippen molar-refractivity contribution < 1.29 is 19.4 Å². The van der Waals surface area contributed by atoms with Crippen molar-refractivity contribution in [3.8, 4) is 0 Å². The van der Waals surface area contributed by atoms with Gasteiger partial charge in [-0.15, -0.1) is 11.3 Å². The standard InChI is InChI=1S/C12H18N2O4S/c1-5-18-9(15)7(2)13-11-14-8(6-19-11)12(3,4)10(16)17/h6-7H,5H2,1-4H3,(H,13,14)(H,16,17). The van der Waals surface area contributed by atoms with E-state index in [1.165, 1.54) is 11.3 Å². The number of esters is 1. The summed E-state index contributed by atoms with van der Waals surface area (Å²) in [5.41, 5.74) is -0.590. The Morgan fingerprint density at radius 3 is 2.74 bits per heavy atom. The van der Waals surface area contributed by atoms with Gasteiger partial charge in [0.1, 0.15) is 11.5 Å². The number of carboxylic acid groups (broad SMARTS) is 1. The minimum absolute atomic E-state index is 0.319. The molecule has 0 amide bonds. The molecule has 2 N–H and O–H groups in total. The van der Waals surface area contributed by atoms with E-state index in [1.807, 2.05) is 0 Å². The fourth-order valence-electron chi connectivity index (χ4n) is 1.25. The molecule has 0 bridgehead atoms. The molecule has 0 aliphatic rings. The summed E-state index contributed by atoms with van der Waals surface area (Å²) in [6.45, 7) is 6.90. The molecule has 0 radical (unpaired) electrons. The van der Waals surface area contributed by atoms with Gasteiger partial charge in [-0.3, -0.25) is 4.79 Å². The number of nitrogens with zero attached hydrogens (tertiary/aromatic N) is 1. The zero-order valence-corrected chi connectivity index (χ0v) is 12.2. The lowest BCUT2D eigenvalue weighted by Gasteiger charge is -2.16. The highest BCUT2D eigenvalue weighted by Crippen LogP contribution is 2.27. The van der Waals surface area contributed by atoms with Crippen LogP contribution in [0.4, 0.5) is 5.13 Å². The third-order valence-electron chi connectivity index (χ3n) is 2.66. The molecule has 1 aromatic rings. The quantitative estimate of drug-likeness (QED) is 0.776. The summed E-state index contributed by atoms with van der Waals surface area (Å²) in [7, 11) is 0. The molecule has 19 heavy (non-hydrogen) atoms. The van der Waals surface area contributed by atoms with Crippen LogP contribution in [0.1, 0.15) is 33.4 Å². The Labute approximate surface area is 115 Å². The minimum atomic E-state index is -1.05. The van der Waals surface area contributed by atoms with Gasteiger partial charge in [0.05, 0.1) is 12.3 Å². The van der Waals surface area contributed by atoms with Crippen LogP contribution in [-0.2, 0) is 19.7 Å². The molecule has 0 aromatic carbocycles. The van der Waals surface area contributed by atoms with Gasteiger partial charge in [0.25, 0.3) is 0 Å². The maximum absolute atomic E-state index is 11.5. The number of ether oxygens (including phenoxy) is 1. The maximum Gasteiger partial charge on any atom is 0.328 e. The van der Waals surface area contributed by atoms with Crippen molar-refractivity contribution in [2.75, 3.05) is 11.9 Å². The normalized spacial score (nSPS) is 12.8. The van der Waals surface area contributed by atoms with E-state index in [0.29, 0.717) is 17.4 Å². The van der Waals surface area contributed by atoms with E-state index in [4.69, 9.17) is 9.84 Å². The third kappa shape index (κ3) is 3.66. The average molecular weight is 286 g/mol. The fraction of sp³-hybridized carbons (Fsp3) is 0.583. The molecule has 1 heterocycles. The van der Waals surface area contributed by atoms with E-state index in [1.54, 1.807) is 33.1 Å². The smallest absolute Gasteiger partial charge is 0.328 e. The van der Waals surface area contributed by atoms with Crippen molar-refractivity contribution in [1.29, 1.82) is 0 Å². The lowest BCUT2D eigenvalue weighted by Crippen LogP contribution is -2.30. The number of carbonyl (C=O) groups excluding carboxylic acids is 1. The molecular weight excluding hydrogens is 268 g/mol. The molecule has 0 fully saturated rings. The summed E-state index contributed by atoms with van der Waals surface area (Å²) in [5, 5.41) is 14.2. The van der Waals surface area contributed by atoms with Crippen molar-refractivity contribution in [2.24, 2.45) is 0 Å². The topological polar surface area (TPSA) is 88.5 Å². The first-order valence-corrected chi connectivity index (χ1v) is 6.79. The SMILES string of the molecule is CCOC(=O)C(C)Nc1nc(C(C)(C)C(=O)O)cs1. The summed E-state index contributed by atoms with van der Waals surface area (Å²) >= 11 is 1.26. The fourth-order valence-corrected chi connectivity index (χ4v) is 2.21. The zero-order valence-electron chi connectivity index (χ0n) is 11.4. The van der Waals surface area contributed by atoms with Gasteiger partial charge < -0.3 is 15.2 Å². The van der Waals surface area contributed by atoms with Crippen molar-refractivity contribution in [3.63, 3.8) is 0 Å². The number of hydrogen-bond acceptors (Lipinski definition) is 6. The number of rotatable bonds is 6. The molecule has 7 heteroatoms. The van der Waals surface area contributed by atoms with Crippen LogP contribution in [0.2, 0.25) is 0 Å². The Bertz CT molecular complexity index is 470. The molecule has 0 saturated carbocycles. The van der Waals surface area contributed by atoms with Crippen LogP contribution in [0, 0.1) is 0 Å². The predicted molar refractivity (Wildman–Crippen MR) is 72.5 cm³/mol. The van der Waals surface area contributed by atoms with Gasteiger partial charge in [-0.1, -0.05) is 0 Å². The molecule has 106 valence electrons. The number of nitrogens with one attached hydrogen (secondary N) is 1. The van der Waals surface area contributed by atoms with E-state index in [9.17, 15) is 9.59 Å². The van der Waals surface area contributed by atoms with Crippen molar-refractivity contribution in [2.45, 2.75) is 39.2 Å². The highest BCUT2D eigenvalue weighted by Gasteiger charge is 2.32. The Hall–Kier alpha value is -1.63. The largest absolute Gasteiger partial charge is 0.481 e. The average Bonchev–Trinajstić information content (AvgIpc) is 2.78. The van der Waals surface area contributed by atoms with Crippen LogP contribution in [0.5, 0.6) is 0 Å². The molecular formula is C12H18N2O4S. The molecule has 1 atom stereocenters. The number of carbonyl (C=O) groups is 2. The molecule has 1 unspecified atom stereocenters. The van der Waals surface area contributed by atoms with Gasteiger partial charge in [0, 0.05) is 5.38 Å². The van der Waals surface area contributed by atoms with Crippen molar-refractivity contribution >= 4 is 28.4 Å². The second kappa shape index (κ2) is 6.01. The lowest BCUT2D eigenvalue weighted by atomic mass is 9.90. The van der Waals surface area contributed by atoms with E-state index >= 15 is 0 Å². The Morgan fingerprint density at radius 1 is 1.58 bits per heavy atom. The molecule has 6 nitrogen and oxygen atoms in total. The van der Waals surface area contributed by atoms with Crippen LogP contribution in [-0.4, -0.2) is 34.7 Å². The second-order valence-electron chi connectivity index (χ2n) is 4.59. The highest BCUT2D eigenvalue weighted by atomic mass is 32.1. The first kappa shape index (κ1) is 15.4. The zero-order chi connectivity index (χ0) is 14.6. The van der Waals surface area contributed by atoms with Crippen LogP contribution in [0.3, 0.4) is 0 Å². The van der Waals surface area contributed by atoms with Gasteiger partial charge in [0.15, 0.2) is 5.13 Å². The van der Waals surface area contributed by atoms with E-state index < -0.39 is 17.4 Å². The van der Waals surface area contributed by atoms with E-state index in [-0.39, 0.29) is 5.97 Å². The Morgan fingerprint density at radius 2 is 2.21 bits per heavy atom. The summed E-state index contributed by atoms with van der Waals surface area (Å²) < 4.78 is 4.87. The van der Waals surface area contributed by atoms with E-state index in [2.05, 4.69) is 10.3 Å². The predicted octanol–water partition coefficient (Wildman–Crippen LogP) is 1.87. The third-order valence-corrected chi connectivity index (χ3v) is 3.43. The summed E-state index contributed by atoms with van der Waals surface area (Å²) in [4.78, 5) is 26.8. The number of anilines is 1. The first-order chi connectivity index (χ1) is 8.78. The van der Waals surface area contributed by atoms with Gasteiger partial charge in [0.2, 0.25) is 0 Å². The molecule has 0 aliphatic carbocycles. The lowest BCUT2D eigenvalue weighted by molar-refractivity contribution is -0.144. The first-order valence-electron chi connectivity index (χ1n) is 5.91. The number of hydrogen-bond donors (Lipinski definition) is 2. The number of aromatic nitrogens is 1. The van der Waals surface area contributed by atoms with Crippen LogP contribution < -0.4 is 5.32 Å². The van der Waals surface area contributed by atoms with Gasteiger partial charge in [-0.25, -0.2) is 9.78 Å². The van der Waals surface area contributed by atoms with Crippen LogP contribution in [0.25, 0.3) is 0 Å². The second-order valence-corrected chi connectivity index (χ2v) is 5.44. The molecule has 0 spiro atoms. The number of aliphatic carboxylic acids is 1. The monoisotopic (exact) mass is 286 g/mol. The molecule has 1 rings (SSSR count). The minimum Gasteiger partial charge on any atom is -0.481 e. The summed E-state index contributed by atoms with van der Waals surface area (Å²) in [5.74, 6) is -1.31. The molecule has 1 aromatic heterocycles. The van der Waals surface area contributed by atoms with Gasteiger partial charge >= 0.3 is 11.9 Å². The van der Waals surface area contributed by atoms with Crippen LogP contribution in [0.15, 0.2) is 5.38 Å². The number of carboxylic acids is 1. The summed E-state index contributed by atoms with van der Waals surface area (Å²) in [6.07, 6.45) is 0. The summed E-state index contributed by atoms with van der Waals surface area (Å²) in [6, 6.07) is -0.521. The van der Waals surface area contributed by atoms with Crippen molar-refractivity contribution in [1.82, 2.24) is 4.98 Å². The highest BCUT2D eigenvalue weighted by molar-refractivity contribution is 7.13.